The summed E-state index contributed by atoms with van der Waals surface area (Å²) in [6.07, 6.45) is 2.12. The monoisotopic (exact) mass is 283 g/mol. The molecule has 1 aromatic rings. The van der Waals surface area contributed by atoms with Crippen molar-refractivity contribution in [3.8, 4) is 17.2 Å². The van der Waals surface area contributed by atoms with Crippen LogP contribution < -0.4 is 19.5 Å². The molecule has 1 N–H and O–H groups in total. The van der Waals surface area contributed by atoms with Crippen LogP contribution >= 0.6 is 11.8 Å². The number of nitrogens with one attached hydrogen (secondary N) is 1. The predicted molar refractivity (Wildman–Crippen MR) is 78.7 cm³/mol. The minimum atomic E-state index is 0.481. The van der Waals surface area contributed by atoms with Crippen molar-refractivity contribution in [2.45, 2.75) is 19.5 Å². The van der Waals surface area contributed by atoms with Gasteiger partial charge in [0.1, 0.15) is 13.2 Å². The Labute approximate surface area is 118 Å². The Balaban J connectivity index is 2.09. The van der Waals surface area contributed by atoms with Gasteiger partial charge in [0.05, 0.1) is 7.11 Å². The van der Waals surface area contributed by atoms with Crippen molar-refractivity contribution in [3.63, 3.8) is 0 Å². The zero-order valence-corrected chi connectivity index (χ0v) is 12.5. The molecule has 2 rings (SSSR count). The molecule has 1 aliphatic rings. The lowest BCUT2D eigenvalue weighted by Crippen LogP contribution is -2.27. The summed E-state index contributed by atoms with van der Waals surface area (Å²) in [5.41, 5.74) is 1.15. The highest BCUT2D eigenvalue weighted by atomic mass is 32.2. The summed E-state index contributed by atoms with van der Waals surface area (Å²) in [6.45, 7) is 4.15. The molecule has 19 heavy (non-hydrogen) atoms. The van der Waals surface area contributed by atoms with Crippen molar-refractivity contribution in [3.05, 3.63) is 17.7 Å². The van der Waals surface area contributed by atoms with Crippen LogP contribution in [0.2, 0.25) is 0 Å². The molecule has 0 aliphatic carbocycles. The Hall–Kier alpha value is -1.07. The van der Waals surface area contributed by atoms with Crippen LogP contribution in [0.3, 0.4) is 0 Å². The molecule has 0 spiro atoms. The van der Waals surface area contributed by atoms with E-state index in [2.05, 4.69) is 18.5 Å². The van der Waals surface area contributed by atoms with Crippen LogP contribution in [0.5, 0.6) is 17.2 Å². The standard InChI is InChI=1S/C14H21NO3S/c1-10(9-19-3)15-8-11-6-12(16-2)14-13(7-11)17-4-5-18-14/h6-7,10,15H,4-5,8-9H2,1-3H3. The van der Waals surface area contributed by atoms with Gasteiger partial charge in [-0.2, -0.15) is 11.8 Å². The molecule has 0 radical (unpaired) electrons. The van der Waals surface area contributed by atoms with Crippen molar-refractivity contribution in [2.24, 2.45) is 0 Å². The molecule has 0 aromatic heterocycles. The smallest absolute Gasteiger partial charge is 0.203 e. The average molecular weight is 283 g/mol. The Morgan fingerprint density at radius 3 is 2.89 bits per heavy atom. The molecule has 1 heterocycles. The molecule has 0 bridgehead atoms. The maximum Gasteiger partial charge on any atom is 0.203 e. The lowest BCUT2D eigenvalue weighted by molar-refractivity contribution is 0.165. The largest absolute Gasteiger partial charge is 0.493 e. The molecule has 1 unspecified atom stereocenters. The average Bonchev–Trinajstić information content (AvgIpc) is 2.44. The van der Waals surface area contributed by atoms with Crippen LogP contribution in [0.1, 0.15) is 12.5 Å². The number of benzene rings is 1. The molecular formula is C14H21NO3S. The van der Waals surface area contributed by atoms with E-state index in [0.717, 1.165) is 35.1 Å². The Morgan fingerprint density at radius 1 is 1.37 bits per heavy atom. The van der Waals surface area contributed by atoms with Gasteiger partial charge in [0.2, 0.25) is 5.75 Å². The summed E-state index contributed by atoms with van der Waals surface area (Å²) < 4.78 is 16.6. The van der Waals surface area contributed by atoms with Gasteiger partial charge >= 0.3 is 0 Å². The van der Waals surface area contributed by atoms with E-state index in [9.17, 15) is 0 Å². The zero-order chi connectivity index (χ0) is 13.7. The van der Waals surface area contributed by atoms with Crippen LogP contribution in [0, 0.1) is 0 Å². The first-order valence-electron chi connectivity index (χ1n) is 6.43. The summed E-state index contributed by atoms with van der Waals surface area (Å²) >= 11 is 1.84. The van der Waals surface area contributed by atoms with Crippen LogP contribution in [-0.2, 0) is 6.54 Å². The van der Waals surface area contributed by atoms with Crippen LogP contribution in [0.4, 0.5) is 0 Å². The second-order valence-corrected chi connectivity index (χ2v) is 5.47. The first kappa shape index (κ1) is 14.3. The number of methoxy groups -OCH3 is 1. The number of hydrogen-bond acceptors (Lipinski definition) is 5. The van der Waals surface area contributed by atoms with E-state index in [1.54, 1.807) is 7.11 Å². The quantitative estimate of drug-likeness (QED) is 0.867. The predicted octanol–water partition coefficient (Wildman–Crippen LogP) is 2.31. The van der Waals surface area contributed by atoms with Crippen molar-refractivity contribution >= 4 is 11.8 Å². The van der Waals surface area contributed by atoms with Gasteiger partial charge in [0.25, 0.3) is 0 Å². The first-order valence-corrected chi connectivity index (χ1v) is 7.82. The first-order chi connectivity index (χ1) is 9.24. The molecule has 0 fully saturated rings. The van der Waals surface area contributed by atoms with Crippen molar-refractivity contribution in [1.82, 2.24) is 5.32 Å². The molecule has 4 nitrogen and oxygen atoms in total. The number of fused-ring (bicyclic) bond motifs is 1. The highest BCUT2D eigenvalue weighted by Crippen LogP contribution is 2.40. The summed E-state index contributed by atoms with van der Waals surface area (Å²) in [4.78, 5) is 0. The number of hydrogen-bond donors (Lipinski definition) is 1. The topological polar surface area (TPSA) is 39.7 Å². The van der Waals surface area contributed by atoms with Crippen LogP contribution in [-0.4, -0.2) is 38.4 Å². The summed E-state index contributed by atoms with van der Waals surface area (Å²) in [7, 11) is 1.65. The van der Waals surface area contributed by atoms with Gasteiger partial charge in [-0.15, -0.1) is 0 Å². The van der Waals surface area contributed by atoms with E-state index in [0.29, 0.717) is 19.3 Å². The summed E-state index contributed by atoms with van der Waals surface area (Å²) in [5, 5.41) is 3.49. The minimum Gasteiger partial charge on any atom is -0.493 e. The maximum atomic E-state index is 5.62. The van der Waals surface area contributed by atoms with E-state index in [-0.39, 0.29) is 0 Å². The lowest BCUT2D eigenvalue weighted by atomic mass is 10.1. The van der Waals surface area contributed by atoms with E-state index in [4.69, 9.17) is 14.2 Å². The molecule has 0 saturated heterocycles. The number of thioether (sulfide) groups is 1. The number of ether oxygens (including phenoxy) is 3. The minimum absolute atomic E-state index is 0.481. The van der Waals surface area contributed by atoms with Gasteiger partial charge in [-0.25, -0.2) is 0 Å². The summed E-state index contributed by atoms with van der Waals surface area (Å²) in [5.74, 6) is 3.34. The van der Waals surface area contributed by atoms with Gasteiger partial charge in [0.15, 0.2) is 11.5 Å². The van der Waals surface area contributed by atoms with Gasteiger partial charge in [-0.3, -0.25) is 0 Å². The molecule has 1 aromatic carbocycles. The van der Waals surface area contributed by atoms with Crippen LogP contribution in [0.25, 0.3) is 0 Å². The van der Waals surface area contributed by atoms with Gasteiger partial charge in [-0.1, -0.05) is 0 Å². The van der Waals surface area contributed by atoms with Crippen molar-refractivity contribution in [1.29, 1.82) is 0 Å². The summed E-state index contributed by atoms with van der Waals surface area (Å²) in [6, 6.07) is 4.51. The zero-order valence-electron chi connectivity index (χ0n) is 11.7. The van der Waals surface area contributed by atoms with E-state index < -0.39 is 0 Å². The molecule has 0 amide bonds. The lowest BCUT2D eigenvalue weighted by Gasteiger charge is -2.22. The fraction of sp³-hybridized carbons (Fsp3) is 0.571. The van der Waals surface area contributed by atoms with Gasteiger partial charge in [0, 0.05) is 18.3 Å². The SMILES string of the molecule is COc1cc(CNC(C)CSC)cc2c1OCCO2. The molecule has 1 atom stereocenters. The van der Waals surface area contributed by atoms with Gasteiger partial charge in [-0.05, 0) is 30.9 Å². The van der Waals surface area contributed by atoms with E-state index in [1.807, 2.05) is 23.9 Å². The molecular weight excluding hydrogens is 262 g/mol. The highest BCUT2D eigenvalue weighted by Gasteiger charge is 2.18. The Morgan fingerprint density at radius 2 is 2.16 bits per heavy atom. The fourth-order valence-corrected chi connectivity index (χ4v) is 2.65. The van der Waals surface area contributed by atoms with Crippen molar-refractivity contribution in [2.75, 3.05) is 32.3 Å². The molecule has 1 aliphatic heterocycles. The number of rotatable bonds is 6. The molecule has 0 saturated carbocycles. The normalized spacial score (nSPS) is 15.1. The molecule has 106 valence electrons. The van der Waals surface area contributed by atoms with E-state index in [1.165, 1.54) is 0 Å². The second kappa shape index (κ2) is 6.91. The molecule has 5 heteroatoms. The highest BCUT2D eigenvalue weighted by molar-refractivity contribution is 7.98. The second-order valence-electron chi connectivity index (χ2n) is 4.56. The van der Waals surface area contributed by atoms with Crippen molar-refractivity contribution < 1.29 is 14.2 Å². The fourth-order valence-electron chi connectivity index (χ4n) is 2.03. The van der Waals surface area contributed by atoms with Crippen LogP contribution in [0.15, 0.2) is 12.1 Å². The third-order valence-electron chi connectivity index (χ3n) is 2.96. The maximum absolute atomic E-state index is 5.62. The Bertz CT molecular complexity index is 408. The van der Waals surface area contributed by atoms with E-state index >= 15 is 0 Å². The van der Waals surface area contributed by atoms with Gasteiger partial charge < -0.3 is 19.5 Å². The third kappa shape index (κ3) is 3.70. The third-order valence-corrected chi connectivity index (χ3v) is 3.79. The Kier molecular flexibility index (Phi) is 5.22.